The number of benzene rings is 1. The van der Waals surface area contributed by atoms with Crippen molar-refractivity contribution in [2.45, 2.75) is 54.9 Å². The summed E-state index contributed by atoms with van der Waals surface area (Å²) in [5.74, 6) is -0.981. The highest BCUT2D eigenvalue weighted by Crippen LogP contribution is 3.03. The van der Waals surface area contributed by atoms with E-state index in [1.165, 1.54) is 9.80 Å². The first-order valence-corrected chi connectivity index (χ1v) is 13.9. The van der Waals surface area contributed by atoms with E-state index in [9.17, 15) is 42.2 Å². The SMILES string of the molecule is C=CC(=O)N1C(C)CN(c2nc(=O)n3c4c(c(S(F)(F)(F)(F)F)c(C(F)(F)F)cc24)SCCC3)CC1C. The van der Waals surface area contributed by atoms with Crippen molar-refractivity contribution in [2.75, 3.05) is 23.7 Å². The normalized spacial score (nSPS) is 22.9. The number of thioether (sulfide) groups is 1. The molecule has 1 amide bonds. The lowest BCUT2D eigenvalue weighted by Gasteiger charge is -2.45. The summed E-state index contributed by atoms with van der Waals surface area (Å²) < 4.78 is 113. The van der Waals surface area contributed by atoms with E-state index >= 15 is 0 Å². The molecular formula is C21H22F8N4O2S2. The second-order valence-electron chi connectivity index (χ2n) is 9.07. The van der Waals surface area contributed by atoms with Gasteiger partial charge in [-0.3, -0.25) is 9.36 Å². The maximum atomic E-state index is 14.1. The molecule has 2 unspecified atom stereocenters. The van der Waals surface area contributed by atoms with Crippen molar-refractivity contribution in [3.8, 4) is 0 Å². The molecule has 0 N–H and O–H groups in total. The molecule has 37 heavy (non-hydrogen) atoms. The smallest absolute Gasteiger partial charge is 0.352 e. The lowest BCUT2D eigenvalue weighted by Crippen LogP contribution is -2.58. The molecule has 3 heterocycles. The largest absolute Gasteiger partial charge is 0.417 e. The lowest BCUT2D eigenvalue weighted by molar-refractivity contribution is -0.140. The van der Waals surface area contributed by atoms with Crippen molar-refractivity contribution in [3.05, 3.63) is 34.8 Å². The Morgan fingerprint density at radius 1 is 1.16 bits per heavy atom. The third kappa shape index (κ3) is 4.89. The first-order chi connectivity index (χ1) is 16.7. The number of carbonyl (C=O) groups excluding carboxylic acids is 1. The number of anilines is 1. The van der Waals surface area contributed by atoms with Crippen LogP contribution in [0.4, 0.5) is 38.4 Å². The van der Waals surface area contributed by atoms with Crippen LogP contribution in [0.25, 0.3) is 10.9 Å². The van der Waals surface area contributed by atoms with Gasteiger partial charge in [0.05, 0.1) is 16.0 Å². The zero-order valence-electron chi connectivity index (χ0n) is 19.5. The van der Waals surface area contributed by atoms with E-state index in [-0.39, 0.29) is 55.5 Å². The molecule has 4 rings (SSSR count). The van der Waals surface area contributed by atoms with Crippen molar-refractivity contribution in [2.24, 2.45) is 0 Å². The number of hydrogen-bond donors (Lipinski definition) is 0. The van der Waals surface area contributed by atoms with Crippen molar-refractivity contribution in [1.29, 1.82) is 0 Å². The van der Waals surface area contributed by atoms with Gasteiger partial charge in [0.2, 0.25) is 5.91 Å². The molecule has 6 nitrogen and oxygen atoms in total. The van der Waals surface area contributed by atoms with Crippen LogP contribution < -0.4 is 10.6 Å². The van der Waals surface area contributed by atoms with Gasteiger partial charge in [-0.15, -0.1) is 11.8 Å². The summed E-state index contributed by atoms with van der Waals surface area (Å²) in [4.78, 5) is 27.5. The van der Waals surface area contributed by atoms with Crippen LogP contribution in [-0.2, 0) is 17.5 Å². The molecule has 0 spiro atoms. The first-order valence-electron chi connectivity index (χ1n) is 11.0. The Labute approximate surface area is 210 Å². The van der Waals surface area contributed by atoms with Gasteiger partial charge in [0.25, 0.3) is 0 Å². The van der Waals surface area contributed by atoms with E-state index in [0.717, 1.165) is 10.6 Å². The monoisotopic (exact) mass is 578 g/mol. The highest BCUT2D eigenvalue weighted by atomic mass is 32.5. The Morgan fingerprint density at radius 3 is 2.27 bits per heavy atom. The Balaban J connectivity index is 2.09. The molecule has 16 heteroatoms. The molecule has 0 aliphatic carbocycles. The summed E-state index contributed by atoms with van der Waals surface area (Å²) >= 11 is 0.215. The van der Waals surface area contributed by atoms with Crippen LogP contribution in [-0.4, -0.2) is 51.3 Å². The number of alkyl halides is 3. The highest BCUT2D eigenvalue weighted by Gasteiger charge is 2.70. The van der Waals surface area contributed by atoms with E-state index < -0.39 is 66.3 Å². The number of amides is 1. The molecule has 1 fully saturated rings. The first kappa shape index (κ1) is 27.5. The summed E-state index contributed by atoms with van der Waals surface area (Å²) in [5, 5.41) is -0.496. The molecule has 1 aromatic heterocycles. The second kappa shape index (κ2) is 8.01. The quantitative estimate of drug-likeness (QED) is 0.322. The van der Waals surface area contributed by atoms with Gasteiger partial charge in [0, 0.05) is 37.1 Å². The molecule has 0 saturated carbocycles. The number of halogens is 8. The molecule has 0 radical (unpaired) electrons. The average molecular weight is 579 g/mol. The van der Waals surface area contributed by atoms with Crippen molar-refractivity contribution < 1.29 is 37.4 Å². The van der Waals surface area contributed by atoms with Crippen LogP contribution in [0.3, 0.4) is 0 Å². The Bertz CT molecular complexity index is 1360. The van der Waals surface area contributed by atoms with Gasteiger partial charge < -0.3 is 9.80 Å². The van der Waals surface area contributed by atoms with Crippen molar-refractivity contribution in [1.82, 2.24) is 14.5 Å². The van der Waals surface area contributed by atoms with Gasteiger partial charge in [-0.2, -0.15) is 18.2 Å². The number of hydrogen-bond acceptors (Lipinski definition) is 5. The number of piperazine rings is 1. The van der Waals surface area contributed by atoms with Crippen molar-refractivity contribution >= 4 is 44.6 Å². The number of rotatable bonds is 3. The number of aromatic nitrogens is 2. The maximum Gasteiger partial charge on any atom is 0.417 e. The third-order valence-electron chi connectivity index (χ3n) is 6.26. The predicted octanol–water partition coefficient (Wildman–Crippen LogP) is 6.18. The zero-order chi connectivity index (χ0) is 27.8. The lowest BCUT2D eigenvalue weighted by atomic mass is 10.1. The van der Waals surface area contributed by atoms with E-state index in [0.29, 0.717) is 0 Å². The highest BCUT2D eigenvalue weighted by molar-refractivity contribution is 8.46. The Morgan fingerprint density at radius 2 is 1.76 bits per heavy atom. The van der Waals surface area contributed by atoms with Crippen LogP contribution in [0, 0.1) is 0 Å². The van der Waals surface area contributed by atoms with Crippen LogP contribution >= 0.6 is 22.0 Å². The Hall–Kier alpha value is -2.49. The van der Waals surface area contributed by atoms with Crippen LogP contribution in [0.15, 0.2) is 33.3 Å². The zero-order valence-corrected chi connectivity index (χ0v) is 21.1. The predicted molar refractivity (Wildman–Crippen MR) is 126 cm³/mol. The summed E-state index contributed by atoms with van der Waals surface area (Å²) in [6.07, 6.45) is -4.64. The number of aryl methyl sites for hydroxylation is 1. The number of nitrogens with zero attached hydrogens (tertiary/aromatic N) is 4. The van der Waals surface area contributed by atoms with Gasteiger partial charge in [0.15, 0.2) is 0 Å². The third-order valence-corrected chi connectivity index (χ3v) is 8.77. The summed E-state index contributed by atoms with van der Waals surface area (Å²) in [6.45, 7) is 6.44. The molecule has 1 aromatic carbocycles. The molecule has 1 saturated heterocycles. The maximum absolute atomic E-state index is 14.1. The molecule has 2 atom stereocenters. The molecule has 2 aliphatic rings. The molecule has 2 aromatic rings. The number of carbonyl (C=O) groups is 1. The van der Waals surface area contributed by atoms with E-state index in [1.54, 1.807) is 13.8 Å². The fraction of sp³-hybridized carbons (Fsp3) is 0.476. The fourth-order valence-electron chi connectivity index (χ4n) is 4.98. The van der Waals surface area contributed by atoms with Crippen LogP contribution in [0.5, 0.6) is 0 Å². The van der Waals surface area contributed by atoms with Gasteiger partial charge in [-0.25, -0.2) is 4.79 Å². The molecule has 206 valence electrons. The molecular weight excluding hydrogens is 556 g/mol. The van der Waals surface area contributed by atoms with E-state index in [1.807, 2.05) is 0 Å². The van der Waals surface area contributed by atoms with Gasteiger partial charge in [0.1, 0.15) is 10.7 Å². The minimum Gasteiger partial charge on any atom is -0.352 e. The van der Waals surface area contributed by atoms with Gasteiger partial charge >= 0.3 is 22.1 Å². The van der Waals surface area contributed by atoms with E-state index in [2.05, 4.69) is 11.6 Å². The molecule has 2 aliphatic heterocycles. The second-order valence-corrected chi connectivity index (χ2v) is 12.5. The van der Waals surface area contributed by atoms with Gasteiger partial charge in [-0.05, 0) is 38.2 Å². The fourth-order valence-corrected chi connectivity index (χ4v) is 7.75. The van der Waals surface area contributed by atoms with Crippen molar-refractivity contribution in [3.63, 3.8) is 0 Å². The summed E-state index contributed by atoms with van der Waals surface area (Å²) in [6, 6.07) is -1.06. The topological polar surface area (TPSA) is 58.4 Å². The van der Waals surface area contributed by atoms with Crippen LogP contribution in [0.2, 0.25) is 0 Å². The summed E-state index contributed by atoms with van der Waals surface area (Å²) in [7, 11) is -10.9. The van der Waals surface area contributed by atoms with Crippen LogP contribution in [0.1, 0.15) is 25.8 Å². The Kier molecular flexibility index (Phi) is 5.96. The average Bonchev–Trinajstić information content (AvgIpc) is 2.96. The molecule has 0 bridgehead atoms. The minimum absolute atomic E-state index is 0.0207. The standard InChI is InChI=1S/C21H22F8N4O2S2/c1-4-15(34)33-11(2)9-31(10-12(33)3)19-13-8-14(21(22,23)24)18(37(25,26,27,28)29)17-16(13)32(20(35)30-19)6-5-7-36-17/h4,8,11-12H,1,5-7,9-10H2,2-3H3. The minimum atomic E-state index is -10.9. The van der Waals surface area contributed by atoms with E-state index in [4.69, 9.17) is 0 Å². The summed E-state index contributed by atoms with van der Waals surface area (Å²) in [5.41, 5.74) is -4.25. The van der Waals surface area contributed by atoms with Gasteiger partial charge in [-0.1, -0.05) is 26.0 Å².